The molecule has 0 atom stereocenters. The highest BCUT2D eigenvalue weighted by Crippen LogP contribution is 2.44. The topological polar surface area (TPSA) is 17.8 Å². The van der Waals surface area contributed by atoms with E-state index in [0.717, 1.165) is 5.69 Å². The molecular weight excluding hydrogens is 472 g/mol. The van der Waals surface area contributed by atoms with Gasteiger partial charge in [0.25, 0.3) is 0 Å². The van der Waals surface area contributed by atoms with Crippen molar-refractivity contribution in [2.24, 2.45) is 0 Å². The van der Waals surface area contributed by atoms with E-state index in [-0.39, 0.29) is 0 Å². The lowest BCUT2D eigenvalue weighted by molar-refractivity contribution is 1.14. The molecular formula is C37H24N2. The lowest BCUT2D eigenvalue weighted by Gasteiger charge is -2.18. The predicted octanol–water partition coefficient (Wildman–Crippen LogP) is 9.82. The minimum Gasteiger partial charge on any atom is -0.308 e. The molecule has 8 rings (SSSR count). The molecule has 0 aliphatic heterocycles. The van der Waals surface area contributed by atoms with E-state index in [0.29, 0.717) is 0 Å². The molecule has 0 fully saturated rings. The monoisotopic (exact) mass is 496 g/mol. The molecule has 2 nitrogen and oxygen atoms in total. The molecule has 2 heteroatoms. The standard InChI is InChI=1S/C37H24N2/c1-2-11-25(12-3-1)36-29-15-4-6-17-31(29)37(32-18-7-5-16-30(32)36)26-20-21-35-33(23-26)28-14-8-9-19-34(28)39(35)27-13-10-22-38-24-27/h1-24H. The van der Waals surface area contributed by atoms with Gasteiger partial charge in [0.1, 0.15) is 0 Å². The summed E-state index contributed by atoms with van der Waals surface area (Å²) in [5.41, 5.74) is 8.48. The van der Waals surface area contributed by atoms with Gasteiger partial charge in [0.15, 0.2) is 0 Å². The van der Waals surface area contributed by atoms with E-state index < -0.39 is 0 Å². The SMILES string of the molecule is c1ccc(-c2c3ccccc3c(-c3ccc4c(c3)c3ccccc3n4-c3cccnc3)c3ccccc23)cc1. The fourth-order valence-corrected chi connectivity index (χ4v) is 6.25. The maximum Gasteiger partial charge on any atom is 0.0645 e. The van der Waals surface area contributed by atoms with Gasteiger partial charge < -0.3 is 4.57 Å². The number of rotatable bonds is 3. The zero-order valence-corrected chi connectivity index (χ0v) is 21.3. The van der Waals surface area contributed by atoms with Crippen LogP contribution in [0.5, 0.6) is 0 Å². The molecule has 0 saturated carbocycles. The van der Waals surface area contributed by atoms with Gasteiger partial charge in [-0.1, -0.05) is 103 Å². The van der Waals surface area contributed by atoms with E-state index in [2.05, 4.69) is 137 Å². The molecule has 0 radical (unpaired) electrons. The molecule has 8 aromatic rings. The highest BCUT2D eigenvalue weighted by atomic mass is 15.0. The summed E-state index contributed by atoms with van der Waals surface area (Å²) in [5.74, 6) is 0. The highest BCUT2D eigenvalue weighted by molar-refractivity contribution is 6.22. The van der Waals surface area contributed by atoms with Gasteiger partial charge in [0.2, 0.25) is 0 Å². The van der Waals surface area contributed by atoms with Crippen LogP contribution in [0.4, 0.5) is 0 Å². The number of pyridine rings is 1. The molecule has 0 spiro atoms. The van der Waals surface area contributed by atoms with Crippen molar-refractivity contribution >= 4 is 43.4 Å². The zero-order chi connectivity index (χ0) is 25.8. The third-order valence-corrected chi connectivity index (χ3v) is 7.86. The Balaban J connectivity index is 1.48. The second kappa shape index (κ2) is 8.68. The minimum absolute atomic E-state index is 1.07. The maximum absolute atomic E-state index is 4.40. The van der Waals surface area contributed by atoms with Crippen molar-refractivity contribution in [1.82, 2.24) is 9.55 Å². The second-order valence-electron chi connectivity index (χ2n) is 10.0. The molecule has 2 aromatic heterocycles. The lowest BCUT2D eigenvalue weighted by atomic mass is 9.86. The Bertz CT molecular complexity index is 2100. The first-order chi connectivity index (χ1) is 19.4. The van der Waals surface area contributed by atoms with Gasteiger partial charge in [-0.3, -0.25) is 4.98 Å². The molecule has 0 N–H and O–H groups in total. The van der Waals surface area contributed by atoms with E-state index in [1.807, 2.05) is 18.5 Å². The van der Waals surface area contributed by atoms with Crippen LogP contribution in [-0.2, 0) is 0 Å². The average Bonchev–Trinajstić information content (AvgIpc) is 3.34. The zero-order valence-electron chi connectivity index (χ0n) is 21.3. The van der Waals surface area contributed by atoms with Crippen molar-refractivity contribution < 1.29 is 0 Å². The van der Waals surface area contributed by atoms with Gasteiger partial charge in [-0.05, 0) is 74.1 Å². The molecule has 6 aromatic carbocycles. The minimum atomic E-state index is 1.07. The van der Waals surface area contributed by atoms with E-state index in [1.54, 1.807) is 0 Å². The lowest BCUT2D eigenvalue weighted by Crippen LogP contribution is -1.94. The first kappa shape index (κ1) is 21.8. The summed E-state index contributed by atoms with van der Waals surface area (Å²) >= 11 is 0. The van der Waals surface area contributed by atoms with Crippen LogP contribution >= 0.6 is 0 Å². The number of hydrogen-bond acceptors (Lipinski definition) is 1. The maximum atomic E-state index is 4.40. The first-order valence-electron chi connectivity index (χ1n) is 13.3. The van der Waals surface area contributed by atoms with Crippen LogP contribution in [0.1, 0.15) is 0 Å². The Hall–Kier alpha value is -5.21. The summed E-state index contributed by atoms with van der Waals surface area (Å²) in [6.07, 6.45) is 3.76. The first-order valence-corrected chi connectivity index (χ1v) is 13.3. The Morgan fingerprint density at radius 1 is 0.410 bits per heavy atom. The van der Waals surface area contributed by atoms with Crippen LogP contribution in [0.2, 0.25) is 0 Å². The van der Waals surface area contributed by atoms with Crippen molar-refractivity contribution in [3.8, 4) is 27.9 Å². The van der Waals surface area contributed by atoms with Crippen molar-refractivity contribution in [1.29, 1.82) is 0 Å². The summed E-state index contributed by atoms with van der Waals surface area (Å²) in [6, 6.07) is 48.1. The molecule has 0 unspecified atom stereocenters. The Morgan fingerprint density at radius 2 is 0.974 bits per heavy atom. The molecule has 0 amide bonds. The van der Waals surface area contributed by atoms with Gasteiger partial charge in [-0.2, -0.15) is 0 Å². The number of benzene rings is 6. The Labute approximate surface area is 226 Å². The molecule has 0 aliphatic carbocycles. The largest absolute Gasteiger partial charge is 0.308 e. The van der Waals surface area contributed by atoms with Crippen LogP contribution in [0.3, 0.4) is 0 Å². The van der Waals surface area contributed by atoms with Crippen molar-refractivity contribution in [3.05, 3.63) is 146 Å². The van der Waals surface area contributed by atoms with Crippen molar-refractivity contribution in [2.45, 2.75) is 0 Å². The molecule has 2 heterocycles. The van der Waals surface area contributed by atoms with Crippen LogP contribution < -0.4 is 0 Å². The second-order valence-corrected chi connectivity index (χ2v) is 10.0. The molecule has 182 valence electrons. The summed E-state index contributed by atoms with van der Waals surface area (Å²) in [6.45, 7) is 0. The molecule has 0 bridgehead atoms. The molecule has 0 aliphatic rings. The van der Waals surface area contributed by atoms with Gasteiger partial charge in [-0.25, -0.2) is 0 Å². The van der Waals surface area contributed by atoms with E-state index in [4.69, 9.17) is 0 Å². The fourth-order valence-electron chi connectivity index (χ4n) is 6.25. The molecule has 0 saturated heterocycles. The smallest absolute Gasteiger partial charge is 0.0645 e. The quantitative estimate of drug-likeness (QED) is 0.223. The third kappa shape index (κ3) is 3.32. The van der Waals surface area contributed by atoms with E-state index in [9.17, 15) is 0 Å². The normalized spacial score (nSPS) is 11.6. The van der Waals surface area contributed by atoms with Gasteiger partial charge >= 0.3 is 0 Å². The average molecular weight is 497 g/mol. The summed E-state index contributed by atoms with van der Waals surface area (Å²) in [7, 11) is 0. The number of aromatic nitrogens is 2. The molecule has 39 heavy (non-hydrogen) atoms. The Morgan fingerprint density at radius 3 is 1.62 bits per heavy atom. The van der Waals surface area contributed by atoms with Crippen LogP contribution in [0, 0.1) is 0 Å². The summed E-state index contributed by atoms with van der Waals surface area (Å²) in [5, 5.41) is 7.57. The van der Waals surface area contributed by atoms with Crippen LogP contribution in [0.25, 0.3) is 71.3 Å². The third-order valence-electron chi connectivity index (χ3n) is 7.86. The van der Waals surface area contributed by atoms with Crippen molar-refractivity contribution in [3.63, 3.8) is 0 Å². The highest BCUT2D eigenvalue weighted by Gasteiger charge is 2.18. The van der Waals surface area contributed by atoms with E-state index >= 15 is 0 Å². The van der Waals surface area contributed by atoms with Crippen LogP contribution in [-0.4, -0.2) is 9.55 Å². The van der Waals surface area contributed by atoms with E-state index in [1.165, 1.54) is 65.6 Å². The van der Waals surface area contributed by atoms with Crippen molar-refractivity contribution in [2.75, 3.05) is 0 Å². The number of hydrogen-bond donors (Lipinski definition) is 0. The van der Waals surface area contributed by atoms with Gasteiger partial charge in [0.05, 0.1) is 22.9 Å². The Kier molecular flexibility index (Phi) is 4.86. The predicted molar refractivity (Wildman–Crippen MR) is 164 cm³/mol. The number of nitrogens with zero attached hydrogens (tertiary/aromatic N) is 2. The van der Waals surface area contributed by atoms with Gasteiger partial charge in [0, 0.05) is 17.0 Å². The summed E-state index contributed by atoms with van der Waals surface area (Å²) in [4.78, 5) is 4.40. The number of para-hydroxylation sites is 1. The van der Waals surface area contributed by atoms with Crippen LogP contribution in [0.15, 0.2) is 146 Å². The van der Waals surface area contributed by atoms with Gasteiger partial charge in [-0.15, -0.1) is 0 Å². The summed E-state index contributed by atoms with van der Waals surface area (Å²) < 4.78 is 2.32. The number of fused-ring (bicyclic) bond motifs is 5. The fraction of sp³-hybridized carbons (Fsp3) is 0.